The Morgan fingerprint density at radius 1 is 1.43 bits per heavy atom. The summed E-state index contributed by atoms with van der Waals surface area (Å²) >= 11 is 4.06. The summed E-state index contributed by atoms with van der Waals surface area (Å²) in [4.78, 5) is 12.0. The number of aryl methyl sites for hydroxylation is 1. The van der Waals surface area contributed by atoms with Crippen molar-refractivity contribution >= 4 is 33.2 Å². The van der Waals surface area contributed by atoms with Gasteiger partial charge in [-0.15, -0.1) is 11.3 Å². The summed E-state index contributed by atoms with van der Waals surface area (Å²) in [6.07, 6.45) is 0.661. The van der Waals surface area contributed by atoms with Crippen LogP contribution in [0.4, 0.5) is 8.78 Å². The first-order valence-electron chi connectivity index (χ1n) is 6.05. The van der Waals surface area contributed by atoms with E-state index < -0.39 is 17.6 Å². The summed E-state index contributed by atoms with van der Waals surface area (Å²) in [6.45, 7) is 1.51. The van der Waals surface area contributed by atoms with Crippen molar-refractivity contribution < 1.29 is 23.4 Å². The number of hydrogen-bond donors (Lipinski definition) is 1. The molecular formula is C14H11BrF2O3S. The van der Waals surface area contributed by atoms with Crippen molar-refractivity contribution in [3.8, 4) is 5.75 Å². The quantitative estimate of drug-likeness (QED) is 0.773. The lowest BCUT2D eigenvalue weighted by atomic mass is 10.2. The Balaban J connectivity index is 2.26. The second-order valence-corrected chi connectivity index (χ2v) is 6.17. The van der Waals surface area contributed by atoms with E-state index in [0.717, 1.165) is 22.3 Å². The fourth-order valence-electron chi connectivity index (χ4n) is 1.70. The topological polar surface area (TPSA) is 46.5 Å². The standard InChI is InChI=1S/C14H11BrF2O3S/c1-2-7-5-11(13(21-7)14(18)19)20-6-8-10(16)4-3-9(15)12(8)17/h3-5H,2,6H2,1H3,(H,18,19). The van der Waals surface area contributed by atoms with Crippen molar-refractivity contribution in [2.45, 2.75) is 20.0 Å². The minimum atomic E-state index is -1.12. The molecule has 1 N–H and O–H groups in total. The average Bonchev–Trinajstić information content (AvgIpc) is 2.87. The molecule has 0 atom stereocenters. The molecule has 112 valence electrons. The Labute approximate surface area is 132 Å². The number of halogens is 3. The SMILES string of the molecule is CCc1cc(OCc2c(F)ccc(Br)c2F)c(C(=O)O)s1. The first-order chi connectivity index (χ1) is 9.93. The van der Waals surface area contributed by atoms with Crippen molar-refractivity contribution in [2.75, 3.05) is 0 Å². The number of benzene rings is 1. The van der Waals surface area contributed by atoms with E-state index in [9.17, 15) is 13.6 Å². The van der Waals surface area contributed by atoms with Gasteiger partial charge >= 0.3 is 5.97 Å². The van der Waals surface area contributed by atoms with Crippen LogP contribution in [0.3, 0.4) is 0 Å². The van der Waals surface area contributed by atoms with Gasteiger partial charge in [0.2, 0.25) is 0 Å². The second-order valence-electron chi connectivity index (χ2n) is 4.18. The highest BCUT2D eigenvalue weighted by Crippen LogP contribution is 2.31. The van der Waals surface area contributed by atoms with Crippen LogP contribution in [0, 0.1) is 11.6 Å². The molecule has 0 amide bonds. The lowest BCUT2D eigenvalue weighted by Gasteiger charge is -2.08. The molecule has 0 fully saturated rings. The minimum Gasteiger partial charge on any atom is -0.487 e. The van der Waals surface area contributed by atoms with Crippen LogP contribution in [-0.2, 0) is 13.0 Å². The molecule has 0 saturated carbocycles. The van der Waals surface area contributed by atoms with E-state index in [1.807, 2.05) is 6.92 Å². The second kappa shape index (κ2) is 6.53. The normalized spacial score (nSPS) is 10.7. The molecule has 0 bridgehead atoms. The largest absolute Gasteiger partial charge is 0.487 e. The van der Waals surface area contributed by atoms with Gasteiger partial charge in [0.05, 0.1) is 10.0 Å². The van der Waals surface area contributed by atoms with Gasteiger partial charge in [-0.05, 0) is 40.5 Å². The number of ether oxygens (including phenoxy) is 1. The third-order valence-electron chi connectivity index (χ3n) is 2.80. The summed E-state index contributed by atoms with van der Waals surface area (Å²) in [7, 11) is 0. The Kier molecular flexibility index (Phi) is 4.95. The summed E-state index contributed by atoms with van der Waals surface area (Å²) in [5.74, 6) is -2.48. The van der Waals surface area contributed by atoms with E-state index in [1.165, 1.54) is 6.07 Å². The van der Waals surface area contributed by atoms with Gasteiger partial charge in [0, 0.05) is 4.88 Å². The molecule has 0 aliphatic carbocycles. The van der Waals surface area contributed by atoms with Crippen LogP contribution in [-0.4, -0.2) is 11.1 Å². The highest BCUT2D eigenvalue weighted by molar-refractivity contribution is 9.10. The van der Waals surface area contributed by atoms with E-state index in [1.54, 1.807) is 6.07 Å². The molecule has 0 aliphatic rings. The van der Waals surface area contributed by atoms with Gasteiger partial charge in [0.25, 0.3) is 0 Å². The molecule has 0 saturated heterocycles. The zero-order valence-electron chi connectivity index (χ0n) is 11.0. The Hall–Kier alpha value is -1.47. The van der Waals surface area contributed by atoms with E-state index in [4.69, 9.17) is 9.84 Å². The zero-order chi connectivity index (χ0) is 15.6. The van der Waals surface area contributed by atoms with Crippen molar-refractivity contribution in [1.29, 1.82) is 0 Å². The molecule has 1 heterocycles. The highest BCUT2D eigenvalue weighted by atomic mass is 79.9. The lowest BCUT2D eigenvalue weighted by Crippen LogP contribution is -2.04. The van der Waals surface area contributed by atoms with Crippen molar-refractivity contribution in [3.05, 3.63) is 49.6 Å². The van der Waals surface area contributed by atoms with Crippen LogP contribution in [0.15, 0.2) is 22.7 Å². The molecule has 0 unspecified atom stereocenters. The molecule has 1 aromatic heterocycles. The Morgan fingerprint density at radius 3 is 2.76 bits per heavy atom. The highest BCUT2D eigenvalue weighted by Gasteiger charge is 2.18. The number of hydrogen-bond acceptors (Lipinski definition) is 3. The van der Waals surface area contributed by atoms with Gasteiger partial charge in [-0.25, -0.2) is 13.6 Å². The predicted molar refractivity (Wildman–Crippen MR) is 79.0 cm³/mol. The number of carboxylic acids is 1. The Bertz CT molecular complexity index is 685. The molecule has 1 aromatic carbocycles. The van der Waals surface area contributed by atoms with Crippen LogP contribution in [0.5, 0.6) is 5.75 Å². The first-order valence-corrected chi connectivity index (χ1v) is 7.66. The minimum absolute atomic E-state index is 0.0302. The maximum atomic E-state index is 13.8. The molecule has 0 aliphatic heterocycles. The van der Waals surface area contributed by atoms with Crippen LogP contribution in [0.25, 0.3) is 0 Å². The maximum absolute atomic E-state index is 13.8. The molecule has 0 radical (unpaired) electrons. The van der Waals surface area contributed by atoms with Crippen LogP contribution < -0.4 is 4.74 Å². The van der Waals surface area contributed by atoms with Crippen molar-refractivity contribution in [3.63, 3.8) is 0 Å². The lowest BCUT2D eigenvalue weighted by molar-refractivity contribution is 0.0697. The third kappa shape index (κ3) is 3.41. The van der Waals surface area contributed by atoms with Gasteiger partial charge in [-0.3, -0.25) is 0 Å². The summed E-state index contributed by atoms with van der Waals surface area (Å²) in [5, 5.41) is 9.10. The molecular weight excluding hydrogens is 366 g/mol. The summed E-state index contributed by atoms with van der Waals surface area (Å²) < 4.78 is 32.9. The smallest absolute Gasteiger partial charge is 0.349 e. The van der Waals surface area contributed by atoms with Crippen molar-refractivity contribution in [2.24, 2.45) is 0 Å². The van der Waals surface area contributed by atoms with Crippen LogP contribution in [0.1, 0.15) is 27.0 Å². The number of rotatable bonds is 5. The van der Waals surface area contributed by atoms with Gasteiger partial charge in [0.15, 0.2) is 4.88 Å². The first kappa shape index (κ1) is 15.9. The Morgan fingerprint density at radius 2 is 2.14 bits per heavy atom. The van der Waals surface area contributed by atoms with Gasteiger partial charge in [-0.2, -0.15) is 0 Å². The zero-order valence-corrected chi connectivity index (χ0v) is 13.4. The average molecular weight is 377 g/mol. The van der Waals surface area contributed by atoms with Crippen LogP contribution >= 0.6 is 27.3 Å². The number of thiophene rings is 1. The van der Waals surface area contributed by atoms with Crippen molar-refractivity contribution in [1.82, 2.24) is 0 Å². The van der Waals surface area contributed by atoms with E-state index in [0.29, 0.717) is 6.42 Å². The molecule has 2 rings (SSSR count). The molecule has 21 heavy (non-hydrogen) atoms. The fourth-order valence-corrected chi connectivity index (χ4v) is 2.95. The van der Waals surface area contributed by atoms with Gasteiger partial charge < -0.3 is 9.84 Å². The molecule has 2 aromatic rings. The fraction of sp³-hybridized carbons (Fsp3) is 0.214. The number of carboxylic acid groups (broad SMARTS) is 1. The van der Waals surface area contributed by atoms with E-state index in [2.05, 4.69) is 15.9 Å². The molecule has 7 heteroatoms. The number of carbonyl (C=O) groups is 1. The number of aromatic carboxylic acids is 1. The summed E-state index contributed by atoms with van der Waals surface area (Å²) in [6, 6.07) is 3.97. The van der Waals surface area contributed by atoms with Gasteiger partial charge in [0.1, 0.15) is 24.0 Å². The third-order valence-corrected chi connectivity index (χ3v) is 4.66. The van der Waals surface area contributed by atoms with E-state index >= 15 is 0 Å². The molecule has 0 spiro atoms. The van der Waals surface area contributed by atoms with E-state index in [-0.39, 0.29) is 27.3 Å². The maximum Gasteiger partial charge on any atom is 0.349 e. The predicted octanol–water partition coefficient (Wildman–Crippen LogP) is 4.63. The van der Waals surface area contributed by atoms with Gasteiger partial charge in [-0.1, -0.05) is 6.92 Å². The summed E-state index contributed by atoms with van der Waals surface area (Å²) in [5.41, 5.74) is -0.245. The molecule has 3 nitrogen and oxygen atoms in total. The van der Waals surface area contributed by atoms with Crippen LogP contribution in [0.2, 0.25) is 0 Å². The monoisotopic (exact) mass is 376 g/mol.